The van der Waals surface area contributed by atoms with Gasteiger partial charge in [-0.2, -0.15) is 0 Å². The molecule has 1 aromatic carbocycles. The molecule has 0 aliphatic heterocycles. The fourth-order valence-electron chi connectivity index (χ4n) is 1.93. The predicted octanol–water partition coefficient (Wildman–Crippen LogP) is 3.76. The average molecular weight is 320 g/mol. The predicted molar refractivity (Wildman–Crippen MR) is 82.2 cm³/mol. The maximum Gasteiger partial charge on any atom is 0.287 e. The molecule has 0 saturated heterocycles. The van der Waals surface area contributed by atoms with Gasteiger partial charge in [0.25, 0.3) is 5.91 Å². The Hall–Kier alpha value is -2.11. The molecule has 0 saturated carbocycles. The molecule has 0 aliphatic rings. The fourth-order valence-corrected chi connectivity index (χ4v) is 3.40. The molecule has 0 unspecified atom stereocenters. The number of Topliss-reactive ketones (excluding diaryl/α,β-unsaturated/α-hetero) is 1. The molecule has 0 spiro atoms. The molecule has 0 bridgehead atoms. The molecule has 2 aromatic heterocycles. The Kier molecular flexibility index (Phi) is 3.77. The van der Waals surface area contributed by atoms with E-state index in [1.165, 1.54) is 23.7 Å². The second-order valence-corrected chi connectivity index (χ2v) is 5.75. The number of amides is 1. The Morgan fingerprint density at radius 1 is 1.19 bits per heavy atom. The SMILES string of the molecule is O=C(NCC(=O)c1sc2ccccc2c1Cl)c1ccco1. The molecule has 21 heavy (non-hydrogen) atoms. The number of carbonyl (C=O) groups excluding carboxylic acids is 2. The van der Waals surface area contributed by atoms with Gasteiger partial charge in [0, 0.05) is 10.1 Å². The lowest BCUT2D eigenvalue weighted by Crippen LogP contribution is -2.29. The van der Waals surface area contributed by atoms with Crippen molar-refractivity contribution < 1.29 is 14.0 Å². The van der Waals surface area contributed by atoms with E-state index in [4.69, 9.17) is 16.0 Å². The highest BCUT2D eigenvalue weighted by molar-refractivity contribution is 7.21. The number of rotatable bonds is 4. The number of hydrogen-bond acceptors (Lipinski definition) is 4. The number of thiophene rings is 1. The largest absolute Gasteiger partial charge is 0.459 e. The third-order valence-corrected chi connectivity index (χ3v) is 4.66. The number of ketones is 1. The van der Waals surface area contributed by atoms with Crippen LogP contribution >= 0.6 is 22.9 Å². The molecule has 0 aliphatic carbocycles. The third-order valence-electron chi connectivity index (χ3n) is 2.94. The monoisotopic (exact) mass is 319 g/mol. The lowest BCUT2D eigenvalue weighted by Gasteiger charge is -2.01. The zero-order valence-electron chi connectivity index (χ0n) is 10.8. The normalized spacial score (nSPS) is 10.7. The molecule has 6 heteroatoms. The van der Waals surface area contributed by atoms with Crippen LogP contribution in [0, 0.1) is 0 Å². The summed E-state index contributed by atoms with van der Waals surface area (Å²) >= 11 is 7.55. The van der Waals surface area contributed by atoms with Crippen molar-refractivity contribution in [2.75, 3.05) is 6.54 Å². The summed E-state index contributed by atoms with van der Waals surface area (Å²) in [5.74, 6) is -0.475. The molecule has 0 radical (unpaired) electrons. The lowest BCUT2D eigenvalue weighted by atomic mass is 10.2. The Labute approximate surface area is 129 Å². The van der Waals surface area contributed by atoms with Crippen LogP contribution in [0.3, 0.4) is 0 Å². The summed E-state index contributed by atoms with van der Waals surface area (Å²) < 4.78 is 5.91. The van der Waals surface area contributed by atoms with E-state index in [1.807, 2.05) is 24.3 Å². The van der Waals surface area contributed by atoms with Gasteiger partial charge in [-0.25, -0.2) is 0 Å². The molecular formula is C15H10ClNO3S. The minimum absolute atomic E-state index is 0.119. The van der Waals surface area contributed by atoms with Gasteiger partial charge in [-0.15, -0.1) is 11.3 Å². The van der Waals surface area contributed by atoms with E-state index in [0.29, 0.717) is 9.90 Å². The quantitative estimate of drug-likeness (QED) is 0.745. The van der Waals surface area contributed by atoms with Crippen LogP contribution in [0.1, 0.15) is 20.2 Å². The highest BCUT2D eigenvalue weighted by Crippen LogP contribution is 2.35. The zero-order chi connectivity index (χ0) is 14.8. The molecule has 2 heterocycles. The third kappa shape index (κ3) is 2.70. The zero-order valence-corrected chi connectivity index (χ0v) is 12.3. The van der Waals surface area contributed by atoms with Gasteiger partial charge in [0.1, 0.15) is 0 Å². The molecule has 1 amide bonds. The lowest BCUT2D eigenvalue weighted by molar-refractivity contribution is 0.0886. The van der Waals surface area contributed by atoms with E-state index >= 15 is 0 Å². The van der Waals surface area contributed by atoms with Gasteiger partial charge in [-0.3, -0.25) is 9.59 Å². The van der Waals surface area contributed by atoms with E-state index < -0.39 is 5.91 Å². The Morgan fingerprint density at radius 2 is 2.00 bits per heavy atom. The minimum Gasteiger partial charge on any atom is -0.459 e. The van der Waals surface area contributed by atoms with Crippen molar-refractivity contribution in [2.45, 2.75) is 0 Å². The van der Waals surface area contributed by atoms with Crippen molar-refractivity contribution in [1.82, 2.24) is 5.32 Å². The number of carbonyl (C=O) groups is 2. The number of benzene rings is 1. The van der Waals surface area contributed by atoms with Crippen molar-refractivity contribution in [3.63, 3.8) is 0 Å². The van der Waals surface area contributed by atoms with Crippen molar-refractivity contribution in [2.24, 2.45) is 0 Å². The van der Waals surface area contributed by atoms with Crippen LogP contribution in [0.15, 0.2) is 47.1 Å². The summed E-state index contributed by atoms with van der Waals surface area (Å²) in [7, 11) is 0. The van der Waals surface area contributed by atoms with Gasteiger partial charge in [0.15, 0.2) is 11.5 Å². The summed E-state index contributed by atoms with van der Waals surface area (Å²) in [6.07, 6.45) is 1.40. The molecule has 0 fully saturated rings. The second-order valence-electron chi connectivity index (χ2n) is 4.32. The molecule has 0 atom stereocenters. The topological polar surface area (TPSA) is 59.3 Å². The summed E-state index contributed by atoms with van der Waals surface area (Å²) in [4.78, 5) is 24.4. The van der Waals surface area contributed by atoms with Crippen LogP contribution in [-0.2, 0) is 0 Å². The van der Waals surface area contributed by atoms with Gasteiger partial charge in [0.2, 0.25) is 0 Å². The van der Waals surface area contributed by atoms with E-state index in [9.17, 15) is 9.59 Å². The van der Waals surface area contributed by atoms with E-state index in [2.05, 4.69) is 5.32 Å². The van der Waals surface area contributed by atoms with Crippen molar-refractivity contribution in [1.29, 1.82) is 0 Å². The van der Waals surface area contributed by atoms with Crippen molar-refractivity contribution in [3.05, 3.63) is 58.3 Å². The molecule has 4 nitrogen and oxygen atoms in total. The van der Waals surface area contributed by atoms with Crippen LogP contribution in [0.25, 0.3) is 10.1 Å². The number of nitrogens with one attached hydrogen (secondary N) is 1. The van der Waals surface area contributed by atoms with Gasteiger partial charge in [-0.1, -0.05) is 29.8 Å². The highest BCUT2D eigenvalue weighted by Gasteiger charge is 2.18. The Balaban J connectivity index is 1.75. The molecule has 3 rings (SSSR count). The van der Waals surface area contributed by atoms with Crippen LogP contribution in [0.2, 0.25) is 5.02 Å². The van der Waals surface area contributed by atoms with Gasteiger partial charge in [0.05, 0.1) is 22.7 Å². The van der Waals surface area contributed by atoms with Crippen LogP contribution in [-0.4, -0.2) is 18.2 Å². The standard InChI is InChI=1S/C15H10ClNO3S/c16-13-9-4-1-2-6-12(9)21-14(13)10(18)8-17-15(19)11-5-3-7-20-11/h1-7H,8H2,(H,17,19). The second kappa shape index (κ2) is 5.71. The highest BCUT2D eigenvalue weighted by atomic mass is 35.5. The first kappa shape index (κ1) is 13.9. The van der Waals surface area contributed by atoms with Crippen molar-refractivity contribution in [3.8, 4) is 0 Å². The van der Waals surface area contributed by atoms with Gasteiger partial charge in [-0.05, 0) is 18.2 Å². The average Bonchev–Trinajstić information content (AvgIpc) is 3.13. The number of hydrogen-bond donors (Lipinski definition) is 1. The maximum absolute atomic E-state index is 12.2. The summed E-state index contributed by atoms with van der Waals surface area (Å²) in [6, 6.07) is 10.7. The van der Waals surface area contributed by atoms with Gasteiger partial charge < -0.3 is 9.73 Å². The van der Waals surface area contributed by atoms with E-state index in [0.717, 1.165) is 10.1 Å². The summed E-state index contributed by atoms with van der Waals surface area (Å²) in [5, 5.41) is 3.81. The first-order chi connectivity index (χ1) is 10.2. The minimum atomic E-state index is -0.425. The van der Waals surface area contributed by atoms with Crippen LogP contribution < -0.4 is 5.32 Å². The maximum atomic E-state index is 12.2. The summed E-state index contributed by atoms with van der Waals surface area (Å²) in [5.41, 5.74) is 0. The molecular weight excluding hydrogens is 310 g/mol. The van der Waals surface area contributed by atoms with Crippen LogP contribution in [0.4, 0.5) is 0 Å². The van der Waals surface area contributed by atoms with Gasteiger partial charge >= 0.3 is 0 Å². The first-order valence-corrected chi connectivity index (χ1v) is 7.38. The molecule has 3 aromatic rings. The van der Waals surface area contributed by atoms with E-state index in [-0.39, 0.29) is 18.1 Å². The number of halogens is 1. The summed E-state index contributed by atoms with van der Waals surface area (Å²) in [6.45, 7) is -0.119. The van der Waals surface area contributed by atoms with Crippen LogP contribution in [0.5, 0.6) is 0 Å². The smallest absolute Gasteiger partial charge is 0.287 e. The Bertz CT molecular complexity index is 808. The number of fused-ring (bicyclic) bond motifs is 1. The first-order valence-electron chi connectivity index (χ1n) is 6.19. The number of furan rings is 1. The van der Waals surface area contributed by atoms with E-state index in [1.54, 1.807) is 6.07 Å². The fraction of sp³-hybridized carbons (Fsp3) is 0.0667. The Morgan fingerprint density at radius 3 is 2.71 bits per heavy atom. The molecule has 1 N–H and O–H groups in total. The molecule has 106 valence electrons. The van der Waals surface area contributed by atoms with Crippen molar-refractivity contribution >= 4 is 44.7 Å².